The van der Waals surface area contributed by atoms with Crippen LogP contribution in [0.5, 0.6) is 0 Å². The first-order chi connectivity index (χ1) is 9.79. The summed E-state index contributed by atoms with van der Waals surface area (Å²) in [6.07, 6.45) is 1.77. The fraction of sp³-hybridized carbons (Fsp3) is 0.286. The van der Waals surface area contributed by atoms with Gasteiger partial charge in [-0.15, -0.1) is 0 Å². The highest BCUT2D eigenvalue weighted by molar-refractivity contribution is 7.89. The summed E-state index contributed by atoms with van der Waals surface area (Å²) in [6.45, 7) is 3.38. The number of rotatable bonds is 5. The zero-order chi connectivity index (χ0) is 15.6. The van der Waals surface area contributed by atoms with Gasteiger partial charge in [0.05, 0.1) is 10.6 Å². The van der Waals surface area contributed by atoms with E-state index in [1.807, 2.05) is 6.92 Å². The summed E-state index contributed by atoms with van der Waals surface area (Å²) in [6, 6.07) is 5.98. The molecule has 2 rings (SSSR count). The van der Waals surface area contributed by atoms with E-state index in [2.05, 4.69) is 9.82 Å². The van der Waals surface area contributed by atoms with E-state index in [1.54, 1.807) is 30.1 Å². The van der Waals surface area contributed by atoms with Crippen LogP contribution in [0, 0.1) is 6.92 Å². The van der Waals surface area contributed by atoms with E-state index in [1.165, 1.54) is 19.1 Å². The Kier molecular flexibility index (Phi) is 4.24. The molecule has 0 unspecified atom stereocenters. The molecule has 0 aliphatic rings. The molecule has 0 aliphatic carbocycles. The molecule has 21 heavy (non-hydrogen) atoms. The topological polar surface area (TPSA) is 81.1 Å². The van der Waals surface area contributed by atoms with Gasteiger partial charge in [0.25, 0.3) is 0 Å². The maximum atomic E-state index is 12.2. The van der Waals surface area contributed by atoms with Crippen molar-refractivity contribution in [1.82, 2.24) is 14.5 Å². The first-order valence-electron chi connectivity index (χ1n) is 6.39. The van der Waals surface area contributed by atoms with Gasteiger partial charge >= 0.3 is 0 Å². The lowest BCUT2D eigenvalue weighted by Gasteiger charge is -2.07. The first kappa shape index (κ1) is 15.4. The van der Waals surface area contributed by atoms with Gasteiger partial charge < -0.3 is 0 Å². The third-order valence-corrected chi connectivity index (χ3v) is 4.52. The van der Waals surface area contributed by atoms with Crippen LogP contribution in [0.2, 0.25) is 0 Å². The molecule has 0 bridgehead atoms. The SMILES string of the molecule is CC(=O)c1cccc(S(=O)(=O)NCc2cn(C)nc2C)c1. The number of benzene rings is 1. The van der Waals surface area contributed by atoms with Crippen molar-refractivity contribution in [2.45, 2.75) is 25.3 Å². The average Bonchev–Trinajstić information content (AvgIpc) is 2.75. The highest BCUT2D eigenvalue weighted by atomic mass is 32.2. The molecule has 0 radical (unpaired) electrons. The van der Waals surface area contributed by atoms with Crippen LogP contribution >= 0.6 is 0 Å². The second-order valence-electron chi connectivity index (χ2n) is 4.82. The normalized spacial score (nSPS) is 11.6. The summed E-state index contributed by atoms with van der Waals surface area (Å²) in [5, 5.41) is 4.16. The Balaban J connectivity index is 2.20. The van der Waals surface area contributed by atoms with Crippen molar-refractivity contribution in [3.05, 3.63) is 47.3 Å². The summed E-state index contributed by atoms with van der Waals surface area (Å²) in [7, 11) is -1.88. The Hall–Kier alpha value is -1.99. The van der Waals surface area contributed by atoms with Gasteiger partial charge in [0.15, 0.2) is 5.78 Å². The predicted octanol–water partition coefficient (Wildman–Crippen LogP) is 1.41. The number of aryl methyl sites for hydroxylation is 2. The fourth-order valence-electron chi connectivity index (χ4n) is 1.96. The van der Waals surface area contributed by atoms with Crippen LogP contribution in [-0.4, -0.2) is 24.0 Å². The molecule has 7 heteroatoms. The van der Waals surface area contributed by atoms with Crippen LogP contribution < -0.4 is 4.72 Å². The number of nitrogens with one attached hydrogen (secondary N) is 1. The maximum absolute atomic E-state index is 12.2. The van der Waals surface area contributed by atoms with Crippen molar-refractivity contribution in [2.24, 2.45) is 7.05 Å². The number of hydrogen-bond acceptors (Lipinski definition) is 4. The lowest BCUT2D eigenvalue weighted by atomic mass is 10.2. The van der Waals surface area contributed by atoms with Crippen LogP contribution in [0.4, 0.5) is 0 Å². The standard InChI is InChI=1S/C14H17N3O3S/c1-10-13(9-17(3)16-10)8-15-21(19,20)14-6-4-5-12(7-14)11(2)18/h4-7,9,15H,8H2,1-3H3. The number of carbonyl (C=O) groups is 1. The third-order valence-electron chi connectivity index (χ3n) is 3.12. The van der Waals surface area contributed by atoms with Gasteiger partial charge in [-0.3, -0.25) is 9.48 Å². The number of sulfonamides is 1. The number of nitrogens with zero attached hydrogens (tertiary/aromatic N) is 2. The Morgan fingerprint density at radius 2 is 2.10 bits per heavy atom. The highest BCUT2D eigenvalue weighted by Gasteiger charge is 2.16. The van der Waals surface area contributed by atoms with Gasteiger partial charge in [-0.25, -0.2) is 13.1 Å². The van der Waals surface area contributed by atoms with Crippen molar-refractivity contribution in [1.29, 1.82) is 0 Å². The molecule has 0 fully saturated rings. The Morgan fingerprint density at radius 3 is 2.67 bits per heavy atom. The van der Waals surface area contributed by atoms with E-state index >= 15 is 0 Å². The van der Waals surface area contributed by atoms with E-state index in [0.717, 1.165) is 11.3 Å². The summed E-state index contributed by atoms with van der Waals surface area (Å²) in [4.78, 5) is 11.4. The molecule has 0 atom stereocenters. The summed E-state index contributed by atoms with van der Waals surface area (Å²) < 4.78 is 28.7. The zero-order valence-corrected chi connectivity index (χ0v) is 12.9. The maximum Gasteiger partial charge on any atom is 0.240 e. The molecule has 112 valence electrons. The first-order valence-corrected chi connectivity index (χ1v) is 7.88. The Morgan fingerprint density at radius 1 is 1.38 bits per heavy atom. The molecular formula is C14H17N3O3S. The molecule has 0 amide bonds. The van der Waals surface area contributed by atoms with Crippen LogP contribution in [-0.2, 0) is 23.6 Å². The molecule has 0 saturated heterocycles. The monoisotopic (exact) mass is 307 g/mol. The smallest absolute Gasteiger partial charge is 0.240 e. The van der Waals surface area contributed by atoms with E-state index in [-0.39, 0.29) is 17.2 Å². The van der Waals surface area contributed by atoms with Gasteiger partial charge in [-0.05, 0) is 26.0 Å². The predicted molar refractivity (Wildman–Crippen MR) is 78.4 cm³/mol. The van der Waals surface area contributed by atoms with Crippen molar-refractivity contribution >= 4 is 15.8 Å². The molecule has 1 aromatic heterocycles. The van der Waals surface area contributed by atoms with Crippen molar-refractivity contribution in [3.63, 3.8) is 0 Å². The lowest BCUT2D eigenvalue weighted by molar-refractivity contribution is 0.101. The van der Waals surface area contributed by atoms with E-state index in [4.69, 9.17) is 0 Å². The zero-order valence-electron chi connectivity index (χ0n) is 12.1. The molecule has 6 nitrogen and oxygen atoms in total. The van der Waals surface area contributed by atoms with Crippen LogP contribution in [0.15, 0.2) is 35.4 Å². The number of ketones is 1. The van der Waals surface area contributed by atoms with Gasteiger partial charge in [-0.2, -0.15) is 5.10 Å². The van der Waals surface area contributed by atoms with Gasteiger partial charge in [0, 0.05) is 30.9 Å². The molecule has 2 aromatic rings. The van der Waals surface area contributed by atoms with Crippen LogP contribution in [0.1, 0.15) is 28.5 Å². The molecule has 0 aliphatic heterocycles. The van der Waals surface area contributed by atoms with Crippen molar-refractivity contribution < 1.29 is 13.2 Å². The molecular weight excluding hydrogens is 290 g/mol. The number of carbonyl (C=O) groups excluding carboxylic acids is 1. The summed E-state index contributed by atoms with van der Waals surface area (Å²) in [5.74, 6) is -0.171. The third kappa shape index (κ3) is 3.56. The van der Waals surface area contributed by atoms with E-state index in [0.29, 0.717) is 5.56 Å². The number of hydrogen-bond donors (Lipinski definition) is 1. The Labute approximate surface area is 123 Å². The molecule has 0 spiro atoms. The largest absolute Gasteiger partial charge is 0.295 e. The summed E-state index contributed by atoms with van der Waals surface area (Å²) in [5.41, 5.74) is 1.96. The van der Waals surface area contributed by atoms with Crippen molar-refractivity contribution in [3.8, 4) is 0 Å². The van der Waals surface area contributed by atoms with Gasteiger partial charge in [0.1, 0.15) is 0 Å². The van der Waals surface area contributed by atoms with Crippen LogP contribution in [0.25, 0.3) is 0 Å². The fourth-order valence-corrected chi connectivity index (χ4v) is 3.01. The average molecular weight is 307 g/mol. The Bertz CT molecular complexity index is 779. The van der Waals surface area contributed by atoms with Crippen LogP contribution in [0.3, 0.4) is 0 Å². The number of Topliss-reactive ketones (excluding diaryl/α,β-unsaturated/α-hetero) is 1. The molecule has 1 N–H and O–H groups in total. The lowest BCUT2D eigenvalue weighted by Crippen LogP contribution is -2.23. The second kappa shape index (κ2) is 5.79. The quantitative estimate of drug-likeness (QED) is 0.847. The van der Waals surface area contributed by atoms with E-state index < -0.39 is 10.0 Å². The second-order valence-corrected chi connectivity index (χ2v) is 6.59. The molecule has 0 saturated carbocycles. The summed E-state index contributed by atoms with van der Waals surface area (Å²) >= 11 is 0. The number of aromatic nitrogens is 2. The van der Waals surface area contributed by atoms with Gasteiger partial charge in [-0.1, -0.05) is 12.1 Å². The van der Waals surface area contributed by atoms with E-state index in [9.17, 15) is 13.2 Å². The minimum absolute atomic E-state index is 0.0803. The highest BCUT2D eigenvalue weighted by Crippen LogP contribution is 2.13. The molecule has 1 heterocycles. The van der Waals surface area contributed by atoms with Gasteiger partial charge in [0.2, 0.25) is 10.0 Å². The minimum Gasteiger partial charge on any atom is -0.295 e. The minimum atomic E-state index is -3.66. The van der Waals surface area contributed by atoms with Crippen molar-refractivity contribution in [2.75, 3.05) is 0 Å². The molecule has 1 aromatic carbocycles.